The molecule has 1 fully saturated rings. The van der Waals surface area contributed by atoms with Crippen LogP contribution in [-0.4, -0.2) is 35.0 Å². The summed E-state index contributed by atoms with van der Waals surface area (Å²) in [6.07, 6.45) is 5.85. The predicted molar refractivity (Wildman–Crippen MR) is 148 cm³/mol. The van der Waals surface area contributed by atoms with E-state index in [1.54, 1.807) is 19.4 Å². The molecular formula is C29H25N5O4S. The number of nitrogens with one attached hydrogen (secondary N) is 1. The van der Waals surface area contributed by atoms with Crippen LogP contribution in [-0.2, 0) is 24.9 Å². The van der Waals surface area contributed by atoms with Crippen LogP contribution < -0.4 is 14.8 Å². The Hall–Kier alpha value is -4.57. The number of imide groups is 1. The Bertz CT molecular complexity index is 1660. The van der Waals surface area contributed by atoms with Crippen molar-refractivity contribution in [3.63, 3.8) is 0 Å². The van der Waals surface area contributed by atoms with E-state index in [0.29, 0.717) is 24.5 Å². The predicted octanol–water partition coefficient (Wildman–Crippen LogP) is 5.41. The van der Waals surface area contributed by atoms with Gasteiger partial charge in [-0.3, -0.25) is 14.9 Å². The van der Waals surface area contributed by atoms with Gasteiger partial charge in [0.2, 0.25) is 5.91 Å². The largest absolute Gasteiger partial charge is 0.486 e. The van der Waals surface area contributed by atoms with E-state index >= 15 is 0 Å². The third-order valence-corrected chi connectivity index (χ3v) is 7.73. The molecule has 1 N–H and O–H groups in total. The van der Waals surface area contributed by atoms with E-state index in [1.165, 1.54) is 0 Å². The number of ether oxygens (including phenoxy) is 2. The lowest BCUT2D eigenvalue weighted by atomic mass is 9.99. The van der Waals surface area contributed by atoms with Crippen molar-refractivity contribution in [1.82, 2.24) is 24.4 Å². The van der Waals surface area contributed by atoms with Crippen molar-refractivity contribution in [1.29, 1.82) is 0 Å². The first-order valence-corrected chi connectivity index (χ1v) is 13.2. The highest BCUT2D eigenvalue weighted by atomic mass is 32.2. The van der Waals surface area contributed by atoms with Gasteiger partial charge in [0.15, 0.2) is 0 Å². The lowest BCUT2D eigenvalue weighted by Crippen LogP contribution is -2.35. The summed E-state index contributed by atoms with van der Waals surface area (Å²) in [6, 6.07) is 21.2. The molecule has 0 bridgehead atoms. The van der Waals surface area contributed by atoms with Gasteiger partial charge in [-0.1, -0.05) is 12.1 Å². The molecule has 0 spiro atoms. The van der Waals surface area contributed by atoms with Gasteiger partial charge in [0.1, 0.15) is 34.4 Å². The van der Waals surface area contributed by atoms with Crippen molar-refractivity contribution in [3.8, 4) is 22.9 Å². The van der Waals surface area contributed by atoms with Gasteiger partial charge in [-0.2, -0.15) is 0 Å². The van der Waals surface area contributed by atoms with Crippen molar-refractivity contribution in [2.75, 3.05) is 0 Å². The lowest BCUT2D eigenvalue weighted by Gasteiger charge is -2.18. The van der Waals surface area contributed by atoms with Gasteiger partial charge >= 0.3 is 0 Å². The molecule has 39 heavy (non-hydrogen) atoms. The van der Waals surface area contributed by atoms with Crippen molar-refractivity contribution < 1.29 is 19.1 Å². The van der Waals surface area contributed by atoms with E-state index < -0.39 is 4.75 Å². The van der Waals surface area contributed by atoms with Crippen molar-refractivity contribution in [2.24, 2.45) is 7.05 Å². The van der Waals surface area contributed by atoms with E-state index in [9.17, 15) is 9.59 Å². The monoisotopic (exact) mass is 539 g/mol. The third-order valence-electron chi connectivity index (χ3n) is 6.67. The number of amides is 2. The maximum atomic E-state index is 12.1. The number of rotatable bonds is 8. The quantitative estimate of drug-likeness (QED) is 0.281. The molecule has 3 aromatic carbocycles. The first-order chi connectivity index (χ1) is 18.9. The Balaban J connectivity index is 1.10. The average Bonchev–Trinajstić information content (AvgIpc) is 3.63. The Morgan fingerprint density at radius 1 is 0.974 bits per heavy atom. The molecule has 1 saturated heterocycles. The Kier molecular flexibility index (Phi) is 6.32. The fourth-order valence-corrected chi connectivity index (χ4v) is 5.44. The van der Waals surface area contributed by atoms with Crippen LogP contribution in [0.3, 0.4) is 0 Å². The number of benzene rings is 3. The summed E-state index contributed by atoms with van der Waals surface area (Å²) >= 11 is 1.03. The average molecular weight is 540 g/mol. The summed E-state index contributed by atoms with van der Waals surface area (Å²) in [7, 11) is 1.95. The fourth-order valence-electron chi connectivity index (χ4n) is 4.51. The van der Waals surface area contributed by atoms with Crippen molar-refractivity contribution >= 4 is 33.9 Å². The zero-order chi connectivity index (χ0) is 27.0. The number of thioether (sulfide) groups is 1. The molecule has 2 amide bonds. The first kappa shape index (κ1) is 24.7. The minimum absolute atomic E-state index is 0.253. The van der Waals surface area contributed by atoms with Gasteiger partial charge in [0.25, 0.3) is 5.24 Å². The number of aromatic nitrogens is 4. The number of carbonyl (C=O) groups is 2. The molecule has 9 nitrogen and oxygen atoms in total. The van der Waals surface area contributed by atoms with E-state index in [-0.39, 0.29) is 11.1 Å². The van der Waals surface area contributed by atoms with Crippen LogP contribution in [0.15, 0.2) is 85.5 Å². The normalized spacial score (nSPS) is 17.0. The number of nitrogens with zero attached hydrogens (tertiary/aromatic N) is 4. The number of aryl methyl sites for hydroxylation is 1. The minimum atomic E-state index is -0.793. The van der Waals surface area contributed by atoms with E-state index in [1.807, 2.05) is 89.1 Å². The summed E-state index contributed by atoms with van der Waals surface area (Å²) in [5, 5.41) is 2.05. The molecule has 10 heteroatoms. The number of carbonyl (C=O) groups excluding carboxylic acids is 2. The Morgan fingerprint density at radius 2 is 1.72 bits per heavy atom. The maximum absolute atomic E-state index is 12.1. The van der Waals surface area contributed by atoms with Gasteiger partial charge in [-0.05, 0) is 79.2 Å². The molecule has 1 aliphatic rings. The second-order valence-electron chi connectivity index (χ2n) is 9.49. The molecule has 196 valence electrons. The first-order valence-electron chi connectivity index (χ1n) is 12.3. The molecule has 6 rings (SSSR count). The third kappa shape index (κ3) is 5.10. The number of hydrogen-bond acceptors (Lipinski definition) is 7. The maximum Gasteiger partial charge on any atom is 0.286 e. The van der Waals surface area contributed by atoms with E-state index in [2.05, 4.69) is 10.3 Å². The fraction of sp³-hybridized carbons (Fsp3) is 0.172. The van der Waals surface area contributed by atoms with Crippen molar-refractivity contribution in [3.05, 3.63) is 96.8 Å². The van der Waals surface area contributed by atoms with Crippen LogP contribution in [0.2, 0.25) is 0 Å². The van der Waals surface area contributed by atoms with E-state index in [0.717, 1.165) is 45.6 Å². The zero-order valence-electron chi connectivity index (χ0n) is 21.3. The van der Waals surface area contributed by atoms with Crippen LogP contribution in [0, 0.1) is 0 Å². The second-order valence-corrected chi connectivity index (χ2v) is 11.0. The zero-order valence-corrected chi connectivity index (χ0v) is 22.1. The highest BCUT2D eigenvalue weighted by Crippen LogP contribution is 2.35. The summed E-state index contributed by atoms with van der Waals surface area (Å²) < 4.78 is 15.2. The molecule has 2 aromatic heterocycles. The molecule has 1 aliphatic heterocycles. The Morgan fingerprint density at radius 3 is 2.41 bits per heavy atom. The molecule has 0 unspecified atom stereocenters. The second kappa shape index (κ2) is 9.95. The molecule has 0 aliphatic carbocycles. The van der Waals surface area contributed by atoms with Gasteiger partial charge in [0, 0.05) is 31.2 Å². The highest BCUT2D eigenvalue weighted by molar-refractivity contribution is 8.16. The topological polar surface area (TPSA) is 100 Å². The SMILES string of the molecule is Cn1c(COc2ccc(C[C@]3(C)SC(=O)NC3=O)cc2)nc2ccc(Oc3ccc(-n4ccnc4)cc3)cc21. The standard InChI is InChI=1S/C29H25N5O4S/c1-29(27(35)32-28(36)39-29)16-19-3-7-21(8-4-19)37-17-26-31-24-12-11-23(15-25(24)33(26)2)38-22-9-5-20(6-10-22)34-14-13-30-18-34/h3-15,18H,16-17H2,1-2H3,(H,32,35,36)/t29-/m0/s1. The van der Waals surface area contributed by atoms with Crippen LogP contribution in [0.25, 0.3) is 16.7 Å². The summed E-state index contributed by atoms with van der Waals surface area (Å²) in [5.41, 5.74) is 3.75. The summed E-state index contributed by atoms with van der Waals surface area (Å²) in [4.78, 5) is 32.5. The smallest absolute Gasteiger partial charge is 0.286 e. The van der Waals surface area contributed by atoms with Crippen LogP contribution in [0.4, 0.5) is 4.79 Å². The summed E-state index contributed by atoms with van der Waals surface area (Å²) in [6.45, 7) is 2.07. The molecule has 0 radical (unpaired) electrons. The van der Waals surface area contributed by atoms with Gasteiger partial charge in [-0.15, -0.1) is 0 Å². The van der Waals surface area contributed by atoms with E-state index in [4.69, 9.17) is 14.5 Å². The molecular weight excluding hydrogens is 514 g/mol. The molecule has 5 aromatic rings. The molecule has 1 atom stereocenters. The number of imidazole rings is 2. The van der Waals surface area contributed by atoms with Crippen molar-refractivity contribution in [2.45, 2.75) is 24.7 Å². The minimum Gasteiger partial charge on any atom is -0.486 e. The lowest BCUT2D eigenvalue weighted by molar-refractivity contribution is -0.121. The van der Waals surface area contributed by atoms with Crippen LogP contribution in [0.5, 0.6) is 17.2 Å². The Labute approximate surface area is 228 Å². The number of hydrogen-bond donors (Lipinski definition) is 1. The molecule has 0 saturated carbocycles. The number of fused-ring (bicyclic) bond motifs is 1. The summed E-state index contributed by atoms with van der Waals surface area (Å²) in [5.74, 6) is 2.67. The molecule has 3 heterocycles. The van der Waals surface area contributed by atoms with Crippen LogP contribution >= 0.6 is 11.8 Å². The van der Waals surface area contributed by atoms with Gasteiger partial charge < -0.3 is 18.6 Å². The van der Waals surface area contributed by atoms with Crippen LogP contribution in [0.1, 0.15) is 18.3 Å². The van der Waals surface area contributed by atoms with Gasteiger partial charge in [-0.25, -0.2) is 9.97 Å². The highest BCUT2D eigenvalue weighted by Gasteiger charge is 2.43. The van der Waals surface area contributed by atoms with Gasteiger partial charge in [0.05, 0.1) is 17.4 Å².